The lowest BCUT2D eigenvalue weighted by Gasteiger charge is -2.21. The molecule has 0 aromatic heterocycles. The summed E-state index contributed by atoms with van der Waals surface area (Å²) in [5.41, 5.74) is -0.365. The van der Waals surface area contributed by atoms with Crippen LogP contribution in [-0.4, -0.2) is 10.8 Å². The zero-order chi connectivity index (χ0) is 15.9. The number of nitrogens with one attached hydrogen (secondary N) is 1. The summed E-state index contributed by atoms with van der Waals surface area (Å²) >= 11 is 0. The van der Waals surface area contributed by atoms with E-state index in [1.807, 2.05) is 0 Å². The molecule has 2 rings (SSSR count). The fourth-order valence-electron chi connectivity index (χ4n) is 2.98. The summed E-state index contributed by atoms with van der Waals surface area (Å²) in [4.78, 5) is 21.7. The van der Waals surface area contributed by atoms with E-state index in [1.165, 1.54) is 38.2 Å². The van der Waals surface area contributed by atoms with Crippen LogP contribution in [0, 0.1) is 21.8 Å². The van der Waals surface area contributed by atoms with Gasteiger partial charge in [-0.25, -0.2) is 0 Å². The first-order valence-electron chi connectivity index (χ1n) is 7.80. The number of carbonyl (C=O) groups excluding carboxylic acids is 1. The first kappa shape index (κ1) is 16.4. The fourth-order valence-corrected chi connectivity index (χ4v) is 2.98. The standard InChI is InChI=1S/C16H21FN2O3/c17-14-10-9-13(11-15(14)19(21)22)18-16(20)8-4-7-12-5-2-1-3-6-12/h9-12H,1-8H2,(H,18,20). The van der Waals surface area contributed by atoms with E-state index >= 15 is 0 Å². The van der Waals surface area contributed by atoms with E-state index in [9.17, 15) is 19.3 Å². The molecule has 22 heavy (non-hydrogen) atoms. The van der Waals surface area contributed by atoms with Crippen LogP contribution in [0.4, 0.5) is 15.8 Å². The molecule has 1 aliphatic rings. The van der Waals surface area contributed by atoms with Crippen molar-refractivity contribution in [2.24, 2.45) is 5.92 Å². The van der Waals surface area contributed by atoms with Gasteiger partial charge in [-0.3, -0.25) is 14.9 Å². The van der Waals surface area contributed by atoms with Gasteiger partial charge < -0.3 is 5.32 Å². The zero-order valence-electron chi connectivity index (χ0n) is 12.5. The van der Waals surface area contributed by atoms with Crippen molar-refractivity contribution in [1.29, 1.82) is 0 Å². The molecule has 0 bridgehead atoms. The SMILES string of the molecule is O=C(CCCC1CCCCC1)Nc1ccc(F)c([N+](=O)[O-])c1. The monoisotopic (exact) mass is 308 g/mol. The Kier molecular flexibility index (Phi) is 5.86. The van der Waals surface area contributed by atoms with E-state index in [1.54, 1.807) is 0 Å². The van der Waals surface area contributed by atoms with Crippen molar-refractivity contribution < 1.29 is 14.1 Å². The molecule has 0 saturated heterocycles. The number of nitro benzene ring substituents is 1. The number of hydrogen-bond donors (Lipinski definition) is 1. The van der Waals surface area contributed by atoms with Gasteiger partial charge in [0.1, 0.15) is 0 Å². The second kappa shape index (κ2) is 7.87. The van der Waals surface area contributed by atoms with Crippen LogP contribution < -0.4 is 5.32 Å². The van der Waals surface area contributed by atoms with E-state index in [-0.39, 0.29) is 11.6 Å². The first-order chi connectivity index (χ1) is 10.6. The Bertz CT molecular complexity index is 542. The molecule has 1 saturated carbocycles. The van der Waals surface area contributed by atoms with E-state index in [0.29, 0.717) is 6.42 Å². The second-order valence-corrected chi connectivity index (χ2v) is 5.87. The van der Waals surface area contributed by atoms with E-state index in [0.717, 1.165) is 30.9 Å². The Morgan fingerprint density at radius 2 is 2.05 bits per heavy atom. The van der Waals surface area contributed by atoms with Crippen molar-refractivity contribution in [2.75, 3.05) is 5.32 Å². The largest absolute Gasteiger partial charge is 0.326 e. The topological polar surface area (TPSA) is 72.2 Å². The summed E-state index contributed by atoms with van der Waals surface area (Å²) in [6, 6.07) is 3.38. The van der Waals surface area contributed by atoms with E-state index in [2.05, 4.69) is 5.32 Å². The minimum atomic E-state index is -0.903. The second-order valence-electron chi connectivity index (χ2n) is 5.87. The van der Waals surface area contributed by atoms with Gasteiger partial charge in [-0.1, -0.05) is 32.1 Å². The molecule has 0 aliphatic heterocycles. The molecule has 1 amide bonds. The number of hydrogen-bond acceptors (Lipinski definition) is 3. The van der Waals surface area contributed by atoms with Crippen LogP contribution in [0.2, 0.25) is 0 Å². The van der Waals surface area contributed by atoms with Gasteiger partial charge in [0.05, 0.1) is 4.92 Å². The predicted molar refractivity (Wildman–Crippen MR) is 82.1 cm³/mol. The molecule has 5 nitrogen and oxygen atoms in total. The van der Waals surface area contributed by atoms with Gasteiger partial charge in [-0.2, -0.15) is 4.39 Å². The lowest BCUT2D eigenvalue weighted by Crippen LogP contribution is -2.13. The van der Waals surface area contributed by atoms with Crippen molar-refractivity contribution in [3.05, 3.63) is 34.1 Å². The van der Waals surface area contributed by atoms with Crippen LogP contribution in [0.15, 0.2) is 18.2 Å². The molecule has 6 heteroatoms. The maximum Gasteiger partial charge on any atom is 0.306 e. The number of halogens is 1. The zero-order valence-corrected chi connectivity index (χ0v) is 12.5. The van der Waals surface area contributed by atoms with Gasteiger partial charge >= 0.3 is 5.69 Å². The number of benzene rings is 1. The lowest BCUT2D eigenvalue weighted by atomic mass is 9.86. The summed E-state index contributed by atoms with van der Waals surface area (Å²) in [6.07, 6.45) is 8.67. The smallest absolute Gasteiger partial charge is 0.306 e. The molecule has 1 N–H and O–H groups in total. The van der Waals surface area contributed by atoms with Gasteiger partial charge in [0.15, 0.2) is 0 Å². The molecule has 1 fully saturated rings. The Labute approximate surface area is 129 Å². The molecule has 0 radical (unpaired) electrons. The summed E-state index contributed by atoms with van der Waals surface area (Å²) < 4.78 is 13.2. The highest BCUT2D eigenvalue weighted by Gasteiger charge is 2.16. The normalized spacial score (nSPS) is 15.5. The maximum atomic E-state index is 13.2. The number of anilines is 1. The summed E-state index contributed by atoms with van der Waals surface area (Å²) in [6.45, 7) is 0. The Hall–Kier alpha value is -1.98. The number of nitro groups is 1. The highest BCUT2D eigenvalue weighted by Crippen LogP contribution is 2.28. The minimum absolute atomic E-state index is 0.184. The molecular formula is C16H21FN2O3. The third-order valence-corrected chi connectivity index (χ3v) is 4.17. The van der Waals surface area contributed by atoms with Gasteiger partial charge in [-0.05, 0) is 30.9 Å². The molecule has 120 valence electrons. The van der Waals surface area contributed by atoms with Gasteiger partial charge in [0.2, 0.25) is 11.7 Å². The predicted octanol–water partition coefficient (Wildman–Crippen LogP) is 4.42. The third kappa shape index (κ3) is 4.79. The third-order valence-electron chi connectivity index (χ3n) is 4.17. The molecule has 1 aliphatic carbocycles. The van der Waals surface area contributed by atoms with Crippen molar-refractivity contribution in [2.45, 2.75) is 51.4 Å². The van der Waals surface area contributed by atoms with Crippen LogP contribution in [0.25, 0.3) is 0 Å². The molecule has 1 aromatic carbocycles. The van der Waals surface area contributed by atoms with Gasteiger partial charge in [0.25, 0.3) is 0 Å². The summed E-state index contributed by atoms with van der Waals surface area (Å²) in [7, 11) is 0. The molecule has 1 aromatic rings. The minimum Gasteiger partial charge on any atom is -0.326 e. The number of rotatable bonds is 6. The Balaban J connectivity index is 1.79. The van der Waals surface area contributed by atoms with E-state index in [4.69, 9.17) is 0 Å². The Morgan fingerprint density at radius 1 is 1.32 bits per heavy atom. The van der Waals surface area contributed by atoms with Crippen LogP contribution in [-0.2, 0) is 4.79 Å². The highest BCUT2D eigenvalue weighted by atomic mass is 19.1. The summed E-state index contributed by atoms with van der Waals surface area (Å²) in [5.74, 6) is -0.356. The van der Waals surface area contributed by atoms with Crippen LogP contribution in [0.3, 0.4) is 0 Å². The number of nitrogens with zero attached hydrogens (tertiary/aromatic N) is 1. The number of carbonyl (C=O) groups is 1. The fraction of sp³-hybridized carbons (Fsp3) is 0.562. The van der Waals surface area contributed by atoms with Crippen molar-refractivity contribution in [1.82, 2.24) is 0 Å². The van der Waals surface area contributed by atoms with Crippen LogP contribution >= 0.6 is 0 Å². The summed E-state index contributed by atoms with van der Waals surface area (Å²) in [5, 5.41) is 13.3. The number of amides is 1. The molecule has 0 atom stereocenters. The van der Waals surface area contributed by atoms with Gasteiger partial charge in [0, 0.05) is 18.2 Å². The lowest BCUT2D eigenvalue weighted by molar-refractivity contribution is -0.387. The molecule has 0 unspecified atom stereocenters. The molecule has 0 spiro atoms. The van der Waals surface area contributed by atoms with E-state index < -0.39 is 16.4 Å². The molecular weight excluding hydrogens is 287 g/mol. The Morgan fingerprint density at radius 3 is 2.73 bits per heavy atom. The average molecular weight is 308 g/mol. The first-order valence-corrected chi connectivity index (χ1v) is 7.80. The maximum absolute atomic E-state index is 13.2. The van der Waals surface area contributed by atoms with Crippen molar-refractivity contribution in [3.63, 3.8) is 0 Å². The highest BCUT2D eigenvalue weighted by molar-refractivity contribution is 5.90. The molecule has 0 heterocycles. The van der Waals surface area contributed by atoms with Crippen molar-refractivity contribution >= 4 is 17.3 Å². The van der Waals surface area contributed by atoms with Crippen molar-refractivity contribution in [3.8, 4) is 0 Å². The van der Waals surface area contributed by atoms with Gasteiger partial charge in [-0.15, -0.1) is 0 Å². The van der Waals surface area contributed by atoms with Crippen LogP contribution in [0.1, 0.15) is 51.4 Å². The van der Waals surface area contributed by atoms with Crippen LogP contribution in [0.5, 0.6) is 0 Å². The quantitative estimate of drug-likeness (QED) is 0.624. The average Bonchev–Trinajstić information content (AvgIpc) is 2.50.